The van der Waals surface area contributed by atoms with Crippen LogP contribution in [-0.2, 0) is 23.1 Å². The van der Waals surface area contributed by atoms with Crippen LogP contribution in [0.15, 0.2) is 24.3 Å². The number of unbranched alkanes of at least 4 members (excludes halogenated alkanes) is 32. The highest BCUT2D eigenvalue weighted by molar-refractivity contribution is 7.47. The summed E-state index contributed by atoms with van der Waals surface area (Å²) < 4.78 is 34.2. The fourth-order valence-electron chi connectivity index (χ4n) is 7.27. The van der Waals surface area contributed by atoms with Crippen LogP contribution in [0.3, 0.4) is 0 Å². The van der Waals surface area contributed by atoms with Crippen molar-refractivity contribution >= 4 is 7.82 Å². The molecule has 0 aliphatic rings. The van der Waals surface area contributed by atoms with Crippen molar-refractivity contribution < 1.29 is 38.2 Å². The van der Waals surface area contributed by atoms with E-state index < -0.39 is 33.2 Å². The molecule has 0 saturated carbocycles. The molecule has 0 aliphatic carbocycles. The summed E-state index contributed by atoms with van der Waals surface area (Å²) in [5.74, 6) is 0. The predicted molar refractivity (Wildman–Crippen MR) is 251 cm³/mol. The second kappa shape index (κ2) is 48.5. The molecule has 3 atom stereocenters. The second-order valence-electron chi connectivity index (χ2n) is 17.2. The number of hydrogen-bond donors (Lipinski definition) is 3. The smallest absolute Gasteiger partial charge is 0.394 e. The van der Waals surface area contributed by atoms with Gasteiger partial charge in [-0.2, -0.15) is 0 Å². The van der Waals surface area contributed by atoms with Gasteiger partial charge in [0.15, 0.2) is 0 Å². The van der Waals surface area contributed by atoms with E-state index in [1.807, 2.05) is 0 Å². The minimum Gasteiger partial charge on any atom is -0.394 e. The van der Waals surface area contributed by atoms with Crippen molar-refractivity contribution in [2.75, 3.05) is 39.6 Å². The first kappa shape index (κ1) is 58.4. The predicted octanol–water partition coefficient (Wildman–Crippen LogP) is 15.1. The van der Waals surface area contributed by atoms with Crippen molar-refractivity contribution in [3.8, 4) is 0 Å². The molecule has 9 heteroatoms. The lowest BCUT2D eigenvalue weighted by atomic mass is 10.1. The number of hydrogen-bond acceptors (Lipinski definition) is 7. The molecule has 0 aromatic carbocycles. The summed E-state index contributed by atoms with van der Waals surface area (Å²) in [4.78, 5) is 10.0. The van der Waals surface area contributed by atoms with E-state index in [1.54, 1.807) is 0 Å². The maximum Gasteiger partial charge on any atom is 0.472 e. The SMILES string of the molecule is CCCCCCCC/C=C\CCCCCCCCCCCCOC[C@H](COP(=O)(O)OCC(O)CO)OCCCCCCCCCCCC/C=C\CCCCCCCC. The quantitative estimate of drug-likeness (QED) is 0.0315. The highest BCUT2D eigenvalue weighted by atomic mass is 31.2. The molecule has 0 aromatic heterocycles. The normalized spacial score (nSPS) is 14.2. The Hall–Kier alpha value is -0.570. The number of phosphoric acid groups is 1. The summed E-state index contributed by atoms with van der Waals surface area (Å²) in [6.07, 6.45) is 54.4. The van der Waals surface area contributed by atoms with Gasteiger partial charge in [0.1, 0.15) is 12.2 Å². The van der Waals surface area contributed by atoms with E-state index in [4.69, 9.17) is 23.6 Å². The van der Waals surface area contributed by atoms with Gasteiger partial charge >= 0.3 is 7.82 Å². The zero-order valence-electron chi connectivity index (χ0n) is 39.0. The van der Waals surface area contributed by atoms with Gasteiger partial charge in [-0.1, -0.05) is 205 Å². The number of ether oxygens (including phenoxy) is 2. The van der Waals surface area contributed by atoms with Crippen LogP contribution in [0.5, 0.6) is 0 Å². The van der Waals surface area contributed by atoms with Gasteiger partial charge < -0.3 is 24.6 Å². The average molecular weight is 859 g/mol. The molecule has 59 heavy (non-hydrogen) atoms. The summed E-state index contributed by atoms with van der Waals surface area (Å²) in [6.45, 7) is 4.81. The molecule has 0 spiro atoms. The maximum absolute atomic E-state index is 12.3. The summed E-state index contributed by atoms with van der Waals surface area (Å²) in [5, 5.41) is 18.4. The van der Waals surface area contributed by atoms with E-state index in [2.05, 4.69) is 38.2 Å². The molecule has 2 unspecified atom stereocenters. The largest absolute Gasteiger partial charge is 0.472 e. The van der Waals surface area contributed by atoms with Gasteiger partial charge in [0, 0.05) is 13.2 Å². The number of phosphoric ester groups is 1. The number of allylic oxidation sites excluding steroid dienone is 4. The van der Waals surface area contributed by atoms with Crippen molar-refractivity contribution in [3.63, 3.8) is 0 Å². The molecule has 0 rings (SSSR count). The lowest BCUT2D eigenvalue weighted by Gasteiger charge is -2.20. The van der Waals surface area contributed by atoms with Crippen molar-refractivity contribution in [1.82, 2.24) is 0 Å². The van der Waals surface area contributed by atoms with Gasteiger partial charge in [-0.25, -0.2) is 4.57 Å². The van der Waals surface area contributed by atoms with E-state index in [1.165, 1.54) is 205 Å². The van der Waals surface area contributed by atoms with Gasteiger partial charge in [-0.05, 0) is 64.2 Å². The molecule has 0 fully saturated rings. The van der Waals surface area contributed by atoms with Crippen molar-refractivity contribution in [2.24, 2.45) is 0 Å². The second-order valence-corrected chi connectivity index (χ2v) is 18.6. The van der Waals surface area contributed by atoms with E-state index >= 15 is 0 Å². The van der Waals surface area contributed by atoms with Crippen LogP contribution in [0, 0.1) is 0 Å². The molecular formula is C50H99O8P. The van der Waals surface area contributed by atoms with Crippen LogP contribution in [0.4, 0.5) is 0 Å². The van der Waals surface area contributed by atoms with Gasteiger partial charge in [0.05, 0.1) is 26.4 Å². The van der Waals surface area contributed by atoms with Crippen LogP contribution in [0.1, 0.15) is 245 Å². The third-order valence-electron chi connectivity index (χ3n) is 11.2. The number of aliphatic hydroxyl groups excluding tert-OH is 2. The van der Waals surface area contributed by atoms with Crippen LogP contribution < -0.4 is 0 Å². The third-order valence-corrected chi connectivity index (χ3v) is 12.1. The summed E-state index contributed by atoms with van der Waals surface area (Å²) in [5.41, 5.74) is 0. The first-order valence-corrected chi connectivity index (χ1v) is 26.8. The molecule has 0 heterocycles. The summed E-state index contributed by atoms with van der Waals surface area (Å²) in [6, 6.07) is 0. The van der Waals surface area contributed by atoms with Crippen molar-refractivity contribution in [3.05, 3.63) is 24.3 Å². The molecule has 0 aromatic rings. The van der Waals surface area contributed by atoms with E-state index in [9.17, 15) is 14.6 Å². The lowest BCUT2D eigenvalue weighted by Crippen LogP contribution is -2.27. The molecule has 0 aliphatic heterocycles. The average Bonchev–Trinajstić information content (AvgIpc) is 3.23. The molecule has 0 bridgehead atoms. The minimum atomic E-state index is -4.39. The first-order valence-electron chi connectivity index (χ1n) is 25.3. The molecule has 3 N–H and O–H groups in total. The summed E-state index contributed by atoms with van der Waals surface area (Å²) >= 11 is 0. The molecule has 352 valence electrons. The monoisotopic (exact) mass is 859 g/mol. The Balaban J connectivity index is 3.95. The Kier molecular flexibility index (Phi) is 48.0. The van der Waals surface area contributed by atoms with Crippen LogP contribution in [0.25, 0.3) is 0 Å². The topological polar surface area (TPSA) is 115 Å². The third kappa shape index (κ3) is 48.3. The van der Waals surface area contributed by atoms with Gasteiger partial charge in [-0.15, -0.1) is 0 Å². The molecule has 8 nitrogen and oxygen atoms in total. The molecular weight excluding hydrogens is 760 g/mol. The van der Waals surface area contributed by atoms with E-state index in [0.29, 0.717) is 13.2 Å². The molecule has 0 saturated heterocycles. The minimum absolute atomic E-state index is 0.144. The zero-order chi connectivity index (χ0) is 43.0. The molecule has 0 radical (unpaired) electrons. The van der Waals surface area contributed by atoms with Crippen molar-refractivity contribution in [2.45, 2.75) is 257 Å². The van der Waals surface area contributed by atoms with Crippen LogP contribution in [0.2, 0.25) is 0 Å². The summed E-state index contributed by atoms with van der Waals surface area (Å²) in [7, 11) is -4.39. The van der Waals surface area contributed by atoms with Crippen LogP contribution >= 0.6 is 7.82 Å². The number of rotatable bonds is 50. The van der Waals surface area contributed by atoms with E-state index in [-0.39, 0.29) is 13.2 Å². The first-order chi connectivity index (χ1) is 28.9. The Labute approximate surface area is 366 Å². The number of aliphatic hydroxyl groups is 2. The fraction of sp³-hybridized carbons (Fsp3) is 0.920. The van der Waals surface area contributed by atoms with Crippen LogP contribution in [-0.4, -0.2) is 67.0 Å². The zero-order valence-corrected chi connectivity index (χ0v) is 39.9. The Morgan fingerprint density at radius 2 is 0.763 bits per heavy atom. The van der Waals surface area contributed by atoms with E-state index in [0.717, 1.165) is 25.7 Å². The highest BCUT2D eigenvalue weighted by Gasteiger charge is 2.25. The molecule has 0 amide bonds. The van der Waals surface area contributed by atoms with Crippen molar-refractivity contribution in [1.29, 1.82) is 0 Å². The van der Waals surface area contributed by atoms with Gasteiger partial charge in [-0.3, -0.25) is 9.05 Å². The Morgan fingerprint density at radius 3 is 1.14 bits per heavy atom. The Bertz CT molecular complexity index is 915. The maximum atomic E-state index is 12.3. The highest BCUT2D eigenvalue weighted by Crippen LogP contribution is 2.43. The lowest BCUT2D eigenvalue weighted by molar-refractivity contribution is -0.0462. The van der Waals surface area contributed by atoms with Gasteiger partial charge in [0.25, 0.3) is 0 Å². The standard InChI is InChI=1S/C50H99O8P/c1-3-5-7-9-11-13-15-17-19-21-23-25-27-29-31-33-35-37-39-41-43-55-47-50(48-58-59(53,54)57-46-49(52)45-51)56-44-42-40-38-36-34-32-30-28-26-24-22-20-18-16-14-12-10-8-6-4-2/h17-20,49-52H,3-16,21-48H2,1-2H3,(H,53,54)/b19-17-,20-18-/t49?,50-/m1/s1. The van der Waals surface area contributed by atoms with Gasteiger partial charge in [0.2, 0.25) is 0 Å². The fourth-order valence-corrected chi connectivity index (χ4v) is 8.06. The Morgan fingerprint density at radius 1 is 0.441 bits per heavy atom.